The number of carbonyl (C=O) groups is 2. The second-order valence-electron chi connectivity index (χ2n) is 7.56. The van der Waals surface area contributed by atoms with Crippen molar-refractivity contribution in [3.63, 3.8) is 0 Å². The van der Waals surface area contributed by atoms with Gasteiger partial charge in [0.15, 0.2) is 0 Å². The molecule has 0 aromatic heterocycles. The van der Waals surface area contributed by atoms with Crippen LogP contribution in [0.1, 0.15) is 46.1 Å². The zero-order valence-electron chi connectivity index (χ0n) is 17.1. The lowest BCUT2D eigenvalue weighted by molar-refractivity contribution is -0.145. The van der Waals surface area contributed by atoms with Crippen molar-refractivity contribution >= 4 is 22.1 Å². The first-order valence-corrected chi connectivity index (χ1v) is 10.3. The highest BCUT2D eigenvalue weighted by atomic mass is 32.2. The Morgan fingerprint density at radius 1 is 1.14 bits per heavy atom. The topological polar surface area (TPSA) is 110 Å². The van der Waals surface area contributed by atoms with Crippen LogP contribution < -0.4 is 0 Å². The van der Waals surface area contributed by atoms with Gasteiger partial charge < -0.3 is 14.6 Å². The van der Waals surface area contributed by atoms with Gasteiger partial charge in [0.25, 0.3) is 10.0 Å². The lowest BCUT2D eigenvalue weighted by Gasteiger charge is -2.31. The number of hydrogen-bond donors (Lipinski definition) is 1. The first-order chi connectivity index (χ1) is 12.8. The van der Waals surface area contributed by atoms with Crippen molar-refractivity contribution in [3.05, 3.63) is 29.8 Å². The maximum absolute atomic E-state index is 13.2. The zero-order valence-corrected chi connectivity index (χ0v) is 17.9. The molecule has 8 nitrogen and oxygen atoms in total. The summed E-state index contributed by atoms with van der Waals surface area (Å²) in [7, 11) is -3.31. The minimum Gasteiger partial charge on any atom is -0.467 e. The molecule has 2 atom stereocenters. The highest BCUT2D eigenvalue weighted by Gasteiger charge is 2.42. The Bertz CT molecular complexity index is 779. The van der Waals surface area contributed by atoms with Crippen LogP contribution in [0.25, 0.3) is 0 Å². The van der Waals surface area contributed by atoms with Crippen LogP contribution in [0.5, 0.6) is 0 Å². The maximum atomic E-state index is 13.2. The van der Waals surface area contributed by atoms with E-state index in [1.54, 1.807) is 39.8 Å². The van der Waals surface area contributed by atoms with Crippen LogP contribution >= 0.6 is 0 Å². The summed E-state index contributed by atoms with van der Waals surface area (Å²) in [5.41, 5.74) is -0.148. The highest BCUT2D eigenvalue weighted by molar-refractivity contribution is 7.89. The molecule has 1 amide bonds. The molecule has 1 rings (SSSR count). The number of amides is 1. The van der Waals surface area contributed by atoms with E-state index in [2.05, 4.69) is 0 Å². The van der Waals surface area contributed by atoms with E-state index in [0.717, 1.165) is 12.7 Å². The molecule has 158 valence electrons. The average Bonchev–Trinajstić information content (AvgIpc) is 2.56. The van der Waals surface area contributed by atoms with E-state index in [1.807, 2.05) is 0 Å². The Morgan fingerprint density at radius 3 is 2.11 bits per heavy atom. The molecule has 0 heterocycles. The van der Waals surface area contributed by atoms with Crippen molar-refractivity contribution in [1.29, 1.82) is 0 Å². The molecule has 1 aromatic carbocycles. The molecule has 0 saturated heterocycles. The fourth-order valence-corrected chi connectivity index (χ4v) is 3.86. The van der Waals surface area contributed by atoms with Gasteiger partial charge in [0, 0.05) is 0 Å². The third-order valence-electron chi connectivity index (χ3n) is 3.77. The van der Waals surface area contributed by atoms with Crippen molar-refractivity contribution in [2.24, 2.45) is 0 Å². The Kier molecular flexibility index (Phi) is 8.01. The minimum absolute atomic E-state index is 0.0858. The predicted molar refractivity (Wildman–Crippen MR) is 103 cm³/mol. The van der Waals surface area contributed by atoms with Gasteiger partial charge in [0.05, 0.1) is 18.1 Å². The molecular weight excluding hydrogens is 386 g/mol. The highest BCUT2D eigenvalue weighted by Crippen LogP contribution is 2.25. The van der Waals surface area contributed by atoms with Gasteiger partial charge in [-0.3, -0.25) is 0 Å². The van der Waals surface area contributed by atoms with Crippen LogP contribution in [0.4, 0.5) is 4.79 Å². The number of aliphatic hydroxyl groups excluding tert-OH is 1. The van der Waals surface area contributed by atoms with E-state index in [4.69, 9.17) is 9.47 Å². The number of rotatable bonds is 7. The van der Waals surface area contributed by atoms with Crippen LogP contribution in [0.2, 0.25) is 0 Å². The number of esters is 1. The summed E-state index contributed by atoms with van der Waals surface area (Å²) in [6, 6.07) is 4.41. The van der Waals surface area contributed by atoms with E-state index >= 15 is 0 Å². The molecule has 0 aliphatic carbocycles. The van der Waals surface area contributed by atoms with Crippen LogP contribution in [-0.2, 0) is 24.3 Å². The molecule has 0 bridgehead atoms. The Hall–Kier alpha value is -2.13. The van der Waals surface area contributed by atoms with Crippen LogP contribution in [0.3, 0.4) is 0 Å². The first kappa shape index (κ1) is 23.9. The summed E-state index contributed by atoms with van der Waals surface area (Å²) < 4.78 is 36.9. The second kappa shape index (κ2) is 9.38. The van der Waals surface area contributed by atoms with Gasteiger partial charge in [0.2, 0.25) is 0 Å². The largest absolute Gasteiger partial charge is 0.467 e. The fraction of sp³-hybridized carbons (Fsp3) is 0.579. The molecule has 9 heteroatoms. The Balaban J connectivity index is 3.49. The van der Waals surface area contributed by atoms with Gasteiger partial charge in [-0.05, 0) is 59.6 Å². The van der Waals surface area contributed by atoms with E-state index in [-0.39, 0.29) is 17.7 Å². The molecule has 0 fully saturated rings. The van der Waals surface area contributed by atoms with Crippen LogP contribution in [0.15, 0.2) is 29.2 Å². The molecule has 1 aromatic rings. The fourth-order valence-electron chi connectivity index (χ4n) is 2.39. The third kappa shape index (κ3) is 6.49. The van der Waals surface area contributed by atoms with Gasteiger partial charge in [0.1, 0.15) is 11.6 Å². The minimum atomic E-state index is -4.42. The summed E-state index contributed by atoms with van der Waals surface area (Å²) in [6.45, 7) is 8.06. The average molecular weight is 416 g/mol. The monoisotopic (exact) mass is 415 g/mol. The van der Waals surface area contributed by atoms with Gasteiger partial charge >= 0.3 is 12.1 Å². The van der Waals surface area contributed by atoms with Crippen molar-refractivity contribution in [3.8, 4) is 0 Å². The van der Waals surface area contributed by atoms with Gasteiger partial charge in [-0.15, -0.1) is 0 Å². The van der Waals surface area contributed by atoms with Gasteiger partial charge in [-0.1, -0.05) is 17.7 Å². The molecule has 0 saturated carbocycles. The quantitative estimate of drug-likeness (QED) is 0.682. The molecule has 0 radical (unpaired) electrons. The van der Waals surface area contributed by atoms with E-state index in [1.165, 1.54) is 19.1 Å². The smallest absolute Gasteiger partial charge is 0.425 e. The predicted octanol–water partition coefficient (Wildman–Crippen LogP) is 2.62. The SMILES string of the molecule is COC(=O)[C@H](CCC(C)O)N(C(=O)OC(C)(C)C)S(=O)(=O)c1ccc(C)cc1. The molecular formula is C19H29NO7S. The number of hydrogen-bond acceptors (Lipinski definition) is 7. The summed E-state index contributed by atoms with van der Waals surface area (Å²) in [5.74, 6) is -0.915. The lowest BCUT2D eigenvalue weighted by Crippen LogP contribution is -2.50. The van der Waals surface area contributed by atoms with E-state index in [9.17, 15) is 23.1 Å². The van der Waals surface area contributed by atoms with Crippen LogP contribution in [-0.4, -0.2) is 54.7 Å². The maximum Gasteiger partial charge on any atom is 0.425 e. The number of sulfonamides is 1. The van der Waals surface area contributed by atoms with Crippen molar-refractivity contribution in [1.82, 2.24) is 4.31 Å². The Labute approximate surface area is 166 Å². The normalized spacial score (nSPS) is 14.1. The molecule has 0 spiro atoms. The molecule has 28 heavy (non-hydrogen) atoms. The standard InChI is InChI=1S/C19H29NO7S/c1-13-7-10-15(11-8-13)28(24,25)20(18(23)27-19(3,4)5)16(17(22)26-6)12-9-14(2)21/h7-8,10-11,14,16,21H,9,12H2,1-6H3/t14?,16-/m0/s1. The molecule has 0 aliphatic heterocycles. The van der Waals surface area contributed by atoms with Gasteiger partial charge in [-0.2, -0.15) is 4.31 Å². The number of methoxy groups -OCH3 is 1. The van der Waals surface area contributed by atoms with Crippen LogP contribution in [0, 0.1) is 6.92 Å². The molecule has 1 unspecified atom stereocenters. The third-order valence-corrected chi connectivity index (χ3v) is 5.55. The summed E-state index contributed by atoms with van der Waals surface area (Å²) >= 11 is 0. The van der Waals surface area contributed by atoms with E-state index in [0.29, 0.717) is 4.31 Å². The van der Waals surface area contributed by atoms with Crippen molar-refractivity contribution < 1.29 is 32.6 Å². The van der Waals surface area contributed by atoms with Crippen molar-refractivity contribution in [2.45, 2.75) is 70.1 Å². The Morgan fingerprint density at radius 2 is 1.68 bits per heavy atom. The first-order valence-electron chi connectivity index (χ1n) is 8.89. The summed E-state index contributed by atoms with van der Waals surface area (Å²) in [6.07, 6.45) is -2.01. The number of nitrogens with zero attached hydrogens (tertiary/aromatic N) is 1. The van der Waals surface area contributed by atoms with E-state index < -0.39 is 39.8 Å². The zero-order chi connectivity index (χ0) is 21.7. The number of aryl methyl sites for hydroxylation is 1. The van der Waals surface area contributed by atoms with Crippen molar-refractivity contribution in [2.75, 3.05) is 7.11 Å². The summed E-state index contributed by atoms with van der Waals surface area (Å²) in [5, 5.41) is 9.58. The van der Waals surface area contributed by atoms with Gasteiger partial charge in [-0.25, -0.2) is 18.0 Å². The number of ether oxygens (including phenoxy) is 2. The molecule has 1 N–H and O–H groups in total. The molecule has 0 aliphatic rings. The number of benzene rings is 1. The second-order valence-corrected chi connectivity index (χ2v) is 9.37. The number of aliphatic hydroxyl groups is 1. The lowest BCUT2D eigenvalue weighted by atomic mass is 10.1. The number of carbonyl (C=O) groups excluding carboxylic acids is 2. The summed E-state index contributed by atoms with van der Waals surface area (Å²) in [4.78, 5) is 25.0.